The van der Waals surface area contributed by atoms with Crippen LogP contribution in [0.3, 0.4) is 0 Å². The molecule has 3 aromatic rings. The summed E-state index contributed by atoms with van der Waals surface area (Å²) in [5, 5.41) is 8.04. The molecule has 0 aliphatic rings. The lowest BCUT2D eigenvalue weighted by Gasteiger charge is -2.24. The zero-order chi connectivity index (χ0) is 20.3. The minimum Gasteiger partial charge on any atom is -0.334 e. The van der Waals surface area contributed by atoms with E-state index < -0.39 is 9.84 Å². The number of benzene rings is 2. The first-order chi connectivity index (χ1) is 13.3. The molecule has 1 aromatic heterocycles. The molecule has 0 saturated carbocycles. The van der Waals surface area contributed by atoms with Crippen LogP contribution in [0.15, 0.2) is 65.7 Å². The number of carbonyl (C=O) groups excluding carboxylic acids is 1. The van der Waals surface area contributed by atoms with Gasteiger partial charge in [0.2, 0.25) is 0 Å². The van der Waals surface area contributed by atoms with E-state index in [1.807, 2.05) is 37.3 Å². The molecule has 146 valence electrons. The van der Waals surface area contributed by atoms with Crippen molar-refractivity contribution < 1.29 is 13.2 Å². The Morgan fingerprint density at radius 2 is 1.75 bits per heavy atom. The lowest BCUT2D eigenvalue weighted by molar-refractivity contribution is 0.0736. The van der Waals surface area contributed by atoms with Crippen LogP contribution in [0.2, 0.25) is 0 Å². The molecule has 1 atom stereocenters. The molecular weight excluding hydrogens is 376 g/mol. The first kappa shape index (κ1) is 19.8. The highest BCUT2D eigenvalue weighted by atomic mass is 32.2. The Morgan fingerprint density at radius 3 is 2.36 bits per heavy atom. The SMILES string of the molecule is CC(c1ccc(S(C)(=O)=O)cc1)N(C)C(=O)c1cn(Cc2ccccc2)nn1. The van der Waals surface area contributed by atoms with Gasteiger partial charge in [-0.15, -0.1) is 5.10 Å². The molecule has 0 saturated heterocycles. The molecule has 8 heteroatoms. The van der Waals surface area contributed by atoms with Gasteiger partial charge in [0.15, 0.2) is 15.5 Å². The molecule has 1 unspecified atom stereocenters. The van der Waals surface area contributed by atoms with Crippen molar-refractivity contribution in [3.8, 4) is 0 Å². The summed E-state index contributed by atoms with van der Waals surface area (Å²) in [6.45, 7) is 2.41. The normalized spacial score (nSPS) is 12.5. The fourth-order valence-electron chi connectivity index (χ4n) is 2.82. The highest BCUT2D eigenvalue weighted by Crippen LogP contribution is 2.22. The first-order valence-corrected chi connectivity index (χ1v) is 10.7. The molecule has 1 heterocycles. The molecule has 0 radical (unpaired) electrons. The molecule has 0 N–H and O–H groups in total. The van der Waals surface area contributed by atoms with Crippen molar-refractivity contribution in [3.05, 3.63) is 77.6 Å². The van der Waals surface area contributed by atoms with Gasteiger partial charge in [0, 0.05) is 13.3 Å². The van der Waals surface area contributed by atoms with Crippen LogP contribution >= 0.6 is 0 Å². The number of sulfone groups is 1. The first-order valence-electron chi connectivity index (χ1n) is 8.77. The van der Waals surface area contributed by atoms with Crippen LogP contribution in [0.1, 0.15) is 34.6 Å². The average molecular weight is 398 g/mol. The Kier molecular flexibility index (Phi) is 5.60. The number of carbonyl (C=O) groups is 1. The third-order valence-electron chi connectivity index (χ3n) is 4.64. The van der Waals surface area contributed by atoms with E-state index in [4.69, 9.17) is 0 Å². The summed E-state index contributed by atoms with van der Waals surface area (Å²) in [6, 6.07) is 16.1. The summed E-state index contributed by atoms with van der Waals surface area (Å²) in [6.07, 6.45) is 2.80. The Labute approximate surface area is 164 Å². The predicted octanol–water partition coefficient (Wildman–Crippen LogP) is 2.56. The van der Waals surface area contributed by atoms with Gasteiger partial charge in [-0.05, 0) is 30.2 Å². The molecular formula is C20H22N4O3S. The molecule has 28 heavy (non-hydrogen) atoms. The third kappa shape index (κ3) is 4.45. The maximum Gasteiger partial charge on any atom is 0.276 e. The smallest absolute Gasteiger partial charge is 0.276 e. The van der Waals surface area contributed by atoms with Crippen LogP contribution in [0.25, 0.3) is 0 Å². The largest absolute Gasteiger partial charge is 0.334 e. The number of amides is 1. The van der Waals surface area contributed by atoms with Crippen LogP contribution in [0.4, 0.5) is 0 Å². The monoisotopic (exact) mass is 398 g/mol. The van der Waals surface area contributed by atoms with Gasteiger partial charge in [-0.2, -0.15) is 0 Å². The van der Waals surface area contributed by atoms with Crippen LogP contribution in [-0.2, 0) is 16.4 Å². The average Bonchev–Trinajstić information content (AvgIpc) is 3.15. The van der Waals surface area contributed by atoms with Crippen molar-refractivity contribution in [2.75, 3.05) is 13.3 Å². The highest BCUT2D eigenvalue weighted by Gasteiger charge is 2.22. The Hall–Kier alpha value is -3.00. The van der Waals surface area contributed by atoms with Gasteiger partial charge < -0.3 is 4.90 Å². The number of nitrogens with zero attached hydrogens (tertiary/aromatic N) is 4. The summed E-state index contributed by atoms with van der Waals surface area (Å²) < 4.78 is 24.8. The second-order valence-electron chi connectivity index (χ2n) is 6.72. The fraction of sp³-hybridized carbons (Fsp3) is 0.250. The number of aromatic nitrogens is 3. The maximum atomic E-state index is 12.8. The van der Waals surface area contributed by atoms with Crippen LogP contribution < -0.4 is 0 Å². The second-order valence-corrected chi connectivity index (χ2v) is 8.74. The van der Waals surface area contributed by atoms with Gasteiger partial charge in [0.1, 0.15) is 0 Å². The van der Waals surface area contributed by atoms with Gasteiger partial charge in [-0.3, -0.25) is 4.79 Å². The van der Waals surface area contributed by atoms with E-state index in [1.165, 1.54) is 6.26 Å². The van der Waals surface area contributed by atoms with E-state index in [9.17, 15) is 13.2 Å². The summed E-state index contributed by atoms with van der Waals surface area (Å²) >= 11 is 0. The van der Waals surface area contributed by atoms with E-state index in [0.29, 0.717) is 6.54 Å². The van der Waals surface area contributed by atoms with E-state index in [-0.39, 0.29) is 22.5 Å². The Morgan fingerprint density at radius 1 is 1.11 bits per heavy atom. The van der Waals surface area contributed by atoms with Gasteiger partial charge in [0.25, 0.3) is 5.91 Å². The quantitative estimate of drug-likeness (QED) is 0.637. The lowest BCUT2D eigenvalue weighted by Crippen LogP contribution is -2.30. The fourth-order valence-corrected chi connectivity index (χ4v) is 3.45. The van der Waals surface area contributed by atoms with Crippen molar-refractivity contribution in [3.63, 3.8) is 0 Å². The van der Waals surface area contributed by atoms with Crippen molar-refractivity contribution in [1.29, 1.82) is 0 Å². The topological polar surface area (TPSA) is 85.2 Å². The van der Waals surface area contributed by atoms with E-state index in [2.05, 4.69) is 10.3 Å². The summed E-state index contributed by atoms with van der Waals surface area (Å²) in [5.41, 5.74) is 2.16. The zero-order valence-electron chi connectivity index (χ0n) is 16.0. The highest BCUT2D eigenvalue weighted by molar-refractivity contribution is 7.90. The molecule has 0 aliphatic heterocycles. The predicted molar refractivity (Wildman–Crippen MR) is 106 cm³/mol. The van der Waals surface area contributed by atoms with E-state index >= 15 is 0 Å². The number of rotatable bonds is 6. The Balaban J connectivity index is 1.71. The van der Waals surface area contributed by atoms with Gasteiger partial charge >= 0.3 is 0 Å². The summed E-state index contributed by atoms with van der Waals surface area (Å²) in [7, 11) is -1.56. The molecule has 7 nitrogen and oxygen atoms in total. The van der Waals surface area contributed by atoms with Gasteiger partial charge in [-0.25, -0.2) is 13.1 Å². The van der Waals surface area contributed by atoms with Crippen molar-refractivity contribution in [2.45, 2.75) is 24.4 Å². The molecule has 0 spiro atoms. The standard InChI is InChI=1S/C20H22N4O3S/c1-15(17-9-11-18(12-10-17)28(3,26)27)23(2)20(25)19-14-24(22-21-19)13-16-7-5-4-6-8-16/h4-12,14-15H,13H2,1-3H3. The number of hydrogen-bond acceptors (Lipinski definition) is 5. The van der Waals surface area contributed by atoms with Crippen molar-refractivity contribution >= 4 is 15.7 Å². The summed E-state index contributed by atoms with van der Waals surface area (Å²) in [5.74, 6) is -0.251. The summed E-state index contributed by atoms with van der Waals surface area (Å²) in [4.78, 5) is 14.6. The molecule has 0 fully saturated rings. The molecule has 3 rings (SSSR count). The molecule has 2 aromatic carbocycles. The molecule has 0 aliphatic carbocycles. The molecule has 1 amide bonds. The lowest BCUT2D eigenvalue weighted by atomic mass is 10.1. The van der Waals surface area contributed by atoms with Crippen molar-refractivity contribution in [1.82, 2.24) is 19.9 Å². The third-order valence-corrected chi connectivity index (χ3v) is 5.77. The second kappa shape index (κ2) is 7.93. The van der Waals surface area contributed by atoms with Crippen molar-refractivity contribution in [2.24, 2.45) is 0 Å². The van der Waals surface area contributed by atoms with E-state index in [1.54, 1.807) is 47.1 Å². The number of hydrogen-bond donors (Lipinski definition) is 0. The Bertz CT molecular complexity index is 1060. The minimum atomic E-state index is -3.25. The van der Waals surface area contributed by atoms with E-state index in [0.717, 1.165) is 11.1 Å². The maximum absolute atomic E-state index is 12.8. The van der Waals surface area contributed by atoms with Gasteiger partial charge in [0.05, 0.1) is 23.7 Å². The zero-order valence-corrected chi connectivity index (χ0v) is 16.8. The minimum absolute atomic E-state index is 0.250. The van der Waals surface area contributed by atoms with Gasteiger partial charge in [-0.1, -0.05) is 47.7 Å². The van der Waals surface area contributed by atoms with Crippen LogP contribution in [0.5, 0.6) is 0 Å². The van der Waals surface area contributed by atoms with Crippen LogP contribution in [0, 0.1) is 0 Å². The molecule has 0 bridgehead atoms. The van der Waals surface area contributed by atoms with Crippen LogP contribution in [-0.4, -0.2) is 47.5 Å².